The monoisotopic (exact) mass is 277 g/mol. The Balaban J connectivity index is 2.06. The topological polar surface area (TPSA) is 40.5 Å². The van der Waals surface area contributed by atoms with Gasteiger partial charge in [-0.1, -0.05) is 18.8 Å². The summed E-state index contributed by atoms with van der Waals surface area (Å²) in [5.74, 6) is 6.00. The number of thiophene rings is 1. The predicted molar refractivity (Wildman–Crippen MR) is 77.2 cm³/mol. The van der Waals surface area contributed by atoms with Crippen molar-refractivity contribution in [1.29, 1.82) is 0 Å². The van der Waals surface area contributed by atoms with Gasteiger partial charge in [-0.25, -0.2) is 0 Å². The van der Waals surface area contributed by atoms with E-state index < -0.39 is 0 Å². The lowest BCUT2D eigenvalue weighted by molar-refractivity contribution is 0.0738. The molecule has 2 rings (SSSR count). The zero-order valence-corrected chi connectivity index (χ0v) is 12.0. The van der Waals surface area contributed by atoms with Crippen LogP contribution in [0.2, 0.25) is 0 Å². The summed E-state index contributed by atoms with van der Waals surface area (Å²) in [5.41, 5.74) is 0. The largest absolute Gasteiger partial charge is 0.395 e. The lowest BCUT2D eigenvalue weighted by Gasteiger charge is -2.22. The highest BCUT2D eigenvalue weighted by atomic mass is 32.1. The van der Waals surface area contributed by atoms with Crippen LogP contribution in [0.15, 0.2) is 12.1 Å². The summed E-state index contributed by atoms with van der Waals surface area (Å²) in [7, 11) is 0. The van der Waals surface area contributed by atoms with Gasteiger partial charge in [0.25, 0.3) is 5.91 Å². The van der Waals surface area contributed by atoms with Gasteiger partial charge in [0.15, 0.2) is 0 Å². The molecule has 0 saturated carbocycles. The molecule has 102 valence electrons. The first-order valence-electron chi connectivity index (χ1n) is 6.76. The van der Waals surface area contributed by atoms with Crippen LogP contribution in [0.1, 0.15) is 47.2 Å². The molecule has 0 bridgehead atoms. The van der Waals surface area contributed by atoms with Crippen molar-refractivity contribution in [2.24, 2.45) is 0 Å². The Labute approximate surface area is 118 Å². The van der Waals surface area contributed by atoms with Gasteiger partial charge >= 0.3 is 0 Å². The first-order valence-corrected chi connectivity index (χ1v) is 7.58. The number of likely N-dealkylation sites (tertiary alicyclic amines) is 1. The summed E-state index contributed by atoms with van der Waals surface area (Å²) in [4.78, 5) is 16.1. The van der Waals surface area contributed by atoms with Crippen molar-refractivity contribution in [2.45, 2.75) is 38.6 Å². The summed E-state index contributed by atoms with van der Waals surface area (Å²) < 4.78 is 0. The van der Waals surface area contributed by atoms with Crippen LogP contribution in [-0.2, 0) is 0 Å². The van der Waals surface area contributed by atoms with Gasteiger partial charge in [0.05, 0.1) is 16.4 Å². The van der Waals surface area contributed by atoms with E-state index in [0.29, 0.717) is 12.5 Å². The van der Waals surface area contributed by atoms with Gasteiger partial charge in [0.2, 0.25) is 0 Å². The molecule has 1 aromatic rings. The number of nitrogens with zero attached hydrogens (tertiary/aromatic N) is 1. The molecule has 1 unspecified atom stereocenters. The van der Waals surface area contributed by atoms with E-state index in [-0.39, 0.29) is 12.5 Å². The lowest BCUT2D eigenvalue weighted by Crippen LogP contribution is -2.34. The summed E-state index contributed by atoms with van der Waals surface area (Å²) in [6.45, 7) is 3.09. The third-order valence-corrected chi connectivity index (χ3v) is 4.36. The number of hydrogen-bond acceptors (Lipinski definition) is 3. The molecule has 3 nitrogen and oxygen atoms in total. The molecule has 1 atom stereocenters. The first-order chi connectivity index (χ1) is 9.26. The maximum atomic E-state index is 12.4. The molecule has 1 aliphatic rings. The molecule has 4 heteroatoms. The van der Waals surface area contributed by atoms with Crippen LogP contribution in [-0.4, -0.2) is 35.1 Å². The second kappa shape index (κ2) is 6.74. The van der Waals surface area contributed by atoms with Gasteiger partial charge < -0.3 is 10.0 Å². The van der Waals surface area contributed by atoms with Gasteiger partial charge in [-0.15, -0.1) is 11.3 Å². The van der Waals surface area contributed by atoms with Crippen LogP contribution >= 0.6 is 11.3 Å². The van der Waals surface area contributed by atoms with Crippen molar-refractivity contribution < 1.29 is 9.90 Å². The fraction of sp³-hybridized carbons (Fsp3) is 0.533. The van der Waals surface area contributed by atoms with Crippen LogP contribution in [0.4, 0.5) is 0 Å². The standard InChI is InChI=1S/C15H19NO2S/c1-2-12-6-5-10-16(12)15(18)14-9-8-13(19-14)7-3-4-11-17/h8-9,12,17H,2,4-6,10-11H2,1H3. The minimum atomic E-state index is 0.0795. The van der Waals surface area contributed by atoms with Gasteiger partial charge in [0, 0.05) is 19.0 Å². The minimum Gasteiger partial charge on any atom is -0.395 e. The molecule has 0 aromatic carbocycles. The average Bonchev–Trinajstić information content (AvgIpc) is 3.07. The molecule has 0 aliphatic carbocycles. The number of aliphatic hydroxyl groups is 1. The highest BCUT2D eigenvalue weighted by Gasteiger charge is 2.28. The lowest BCUT2D eigenvalue weighted by atomic mass is 10.2. The molecular weight excluding hydrogens is 258 g/mol. The van der Waals surface area contributed by atoms with Crippen LogP contribution in [0.25, 0.3) is 0 Å². The van der Waals surface area contributed by atoms with E-state index in [1.165, 1.54) is 11.3 Å². The molecule has 1 aliphatic heterocycles. The summed E-state index contributed by atoms with van der Waals surface area (Å²) >= 11 is 1.44. The van der Waals surface area contributed by atoms with E-state index in [9.17, 15) is 4.79 Å². The van der Waals surface area contributed by atoms with Crippen LogP contribution in [0.3, 0.4) is 0 Å². The van der Waals surface area contributed by atoms with Gasteiger partial charge in [-0.05, 0) is 31.4 Å². The zero-order chi connectivity index (χ0) is 13.7. The molecule has 1 amide bonds. The molecule has 1 saturated heterocycles. The fourth-order valence-electron chi connectivity index (χ4n) is 2.39. The predicted octanol–water partition coefficient (Wildman–Crippen LogP) is 2.50. The quantitative estimate of drug-likeness (QED) is 0.862. The number of amides is 1. The van der Waals surface area contributed by atoms with Gasteiger partial charge in [-0.2, -0.15) is 0 Å². The molecule has 2 heterocycles. The third kappa shape index (κ3) is 3.37. The Morgan fingerprint density at radius 2 is 2.42 bits per heavy atom. The zero-order valence-electron chi connectivity index (χ0n) is 11.2. The molecule has 1 aromatic heterocycles. The Bertz CT molecular complexity index is 498. The van der Waals surface area contributed by atoms with Crippen molar-refractivity contribution in [1.82, 2.24) is 4.90 Å². The molecule has 1 N–H and O–H groups in total. The number of hydrogen-bond donors (Lipinski definition) is 1. The summed E-state index contributed by atoms with van der Waals surface area (Å²) in [6.07, 6.45) is 3.74. The van der Waals surface area contributed by atoms with Gasteiger partial charge in [-0.3, -0.25) is 4.79 Å². The smallest absolute Gasteiger partial charge is 0.264 e. The Morgan fingerprint density at radius 1 is 1.58 bits per heavy atom. The second-order valence-electron chi connectivity index (χ2n) is 4.64. The molecular formula is C15H19NO2S. The Morgan fingerprint density at radius 3 is 3.16 bits per heavy atom. The normalized spacial score (nSPS) is 18.2. The Kier molecular flexibility index (Phi) is 5.00. The summed E-state index contributed by atoms with van der Waals surface area (Å²) in [6, 6.07) is 4.15. The van der Waals surface area contributed by atoms with Crippen molar-refractivity contribution in [3.8, 4) is 11.8 Å². The van der Waals surface area contributed by atoms with E-state index in [1.54, 1.807) is 0 Å². The molecule has 19 heavy (non-hydrogen) atoms. The van der Waals surface area contributed by atoms with Crippen LogP contribution in [0, 0.1) is 11.8 Å². The van der Waals surface area contributed by atoms with Crippen LogP contribution < -0.4 is 0 Å². The van der Waals surface area contributed by atoms with Crippen molar-refractivity contribution in [3.63, 3.8) is 0 Å². The first kappa shape index (κ1) is 14.1. The van der Waals surface area contributed by atoms with E-state index in [2.05, 4.69) is 18.8 Å². The van der Waals surface area contributed by atoms with Crippen LogP contribution in [0.5, 0.6) is 0 Å². The summed E-state index contributed by atoms with van der Waals surface area (Å²) in [5, 5.41) is 8.68. The number of carbonyl (C=O) groups excluding carboxylic acids is 1. The van der Waals surface area contributed by atoms with Crippen molar-refractivity contribution in [2.75, 3.05) is 13.2 Å². The average molecular weight is 277 g/mol. The SMILES string of the molecule is CCC1CCCN1C(=O)c1ccc(C#CCCO)s1. The van der Waals surface area contributed by atoms with Gasteiger partial charge in [0.1, 0.15) is 0 Å². The maximum Gasteiger partial charge on any atom is 0.264 e. The van der Waals surface area contributed by atoms with Crippen molar-refractivity contribution >= 4 is 17.2 Å². The van der Waals surface area contributed by atoms with E-state index in [0.717, 1.165) is 35.6 Å². The number of carbonyl (C=O) groups is 1. The van der Waals surface area contributed by atoms with Crippen molar-refractivity contribution in [3.05, 3.63) is 21.9 Å². The number of aliphatic hydroxyl groups excluding tert-OH is 1. The molecule has 0 radical (unpaired) electrons. The van der Waals surface area contributed by atoms with E-state index in [4.69, 9.17) is 5.11 Å². The fourth-order valence-corrected chi connectivity index (χ4v) is 3.23. The second-order valence-corrected chi connectivity index (χ2v) is 5.73. The number of rotatable bonds is 3. The highest BCUT2D eigenvalue weighted by molar-refractivity contribution is 7.14. The molecule has 1 fully saturated rings. The Hall–Kier alpha value is -1.31. The molecule has 0 spiro atoms. The van der Waals surface area contributed by atoms with E-state index in [1.807, 2.05) is 17.0 Å². The highest BCUT2D eigenvalue weighted by Crippen LogP contribution is 2.25. The van der Waals surface area contributed by atoms with E-state index >= 15 is 0 Å². The minimum absolute atomic E-state index is 0.0795. The maximum absolute atomic E-state index is 12.4. The third-order valence-electron chi connectivity index (χ3n) is 3.37.